The van der Waals surface area contributed by atoms with Gasteiger partial charge < -0.3 is 19.5 Å². The largest absolute Gasteiger partial charge is 0.479 e. The van der Waals surface area contributed by atoms with Gasteiger partial charge in [0, 0.05) is 17.7 Å². The summed E-state index contributed by atoms with van der Waals surface area (Å²) >= 11 is 0. The molecule has 0 fully saturated rings. The van der Waals surface area contributed by atoms with Gasteiger partial charge in [-0.15, -0.1) is 0 Å². The van der Waals surface area contributed by atoms with Crippen LogP contribution < -0.4 is 15.0 Å². The molecule has 0 radical (unpaired) electrons. The quantitative estimate of drug-likeness (QED) is 0.619. The molecule has 3 aromatic rings. The van der Waals surface area contributed by atoms with Gasteiger partial charge in [0.15, 0.2) is 6.10 Å². The second-order valence-corrected chi connectivity index (χ2v) is 8.20. The molecule has 1 aromatic heterocycles. The van der Waals surface area contributed by atoms with Crippen LogP contribution in [0, 0.1) is 20.8 Å². The minimum absolute atomic E-state index is 0.0841. The molecule has 7 heteroatoms. The Labute approximate surface area is 187 Å². The first-order valence-electron chi connectivity index (χ1n) is 10.7. The van der Waals surface area contributed by atoms with Crippen molar-refractivity contribution >= 4 is 23.2 Å². The first-order valence-corrected chi connectivity index (χ1v) is 10.7. The molecule has 2 amide bonds. The number of rotatable bonds is 6. The van der Waals surface area contributed by atoms with Gasteiger partial charge in [0.25, 0.3) is 5.91 Å². The molecule has 1 unspecified atom stereocenters. The van der Waals surface area contributed by atoms with Gasteiger partial charge in [-0.05, 0) is 57.9 Å². The highest BCUT2D eigenvalue weighted by Gasteiger charge is 2.33. The van der Waals surface area contributed by atoms with Gasteiger partial charge in [0.05, 0.1) is 17.9 Å². The highest BCUT2D eigenvalue weighted by Crippen LogP contribution is 2.37. The number of anilines is 2. The number of benzene rings is 2. The lowest BCUT2D eigenvalue weighted by atomic mass is 10.1. The third-order valence-corrected chi connectivity index (χ3v) is 5.71. The van der Waals surface area contributed by atoms with E-state index in [2.05, 4.69) is 10.5 Å². The standard InChI is InChI=1S/C25H27N3O4/c1-15-5-7-19(8-6-15)9-12-24(29)26-20-10-11-23-22(13-20)28(25(30)18(4)31-23)14-21-16(2)27-32-17(21)3/h5-8,10-11,13,18H,9,12,14H2,1-4H3,(H,26,29). The van der Waals surface area contributed by atoms with Crippen molar-refractivity contribution in [3.05, 3.63) is 70.6 Å². The number of carbonyl (C=O) groups is 2. The average molecular weight is 434 g/mol. The Hall–Kier alpha value is -3.61. The summed E-state index contributed by atoms with van der Waals surface area (Å²) in [5, 5.41) is 6.93. The summed E-state index contributed by atoms with van der Waals surface area (Å²) in [6.07, 6.45) is 0.432. The van der Waals surface area contributed by atoms with Gasteiger partial charge in [-0.2, -0.15) is 0 Å². The number of nitrogens with one attached hydrogen (secondary N) is 1. The molecule has 1 N–H and O–H groups in total. The fourth-order valence-corrected chi connectivity index (χ4v) is 3.77. The number of carbonyl (C=O) groups excluding carboxylic acids is 2. The molecule has 1 atom stereocenters. The predicted molar refractivity (Wildman–Crippen MR) is 122 cm³/mol. The molecule has 7 nitrogen and oxygen atoms in total. The Bertz CT molecular complexity index is 1130. The molecule has 1 aliphatic rings. The van der Waals surface area contributed by atoms with Crippen LogP contribution in [0.1, 0.15) is 41.5 Å². The second-order valence-electron chi connectivity index (χ2n) is 8.20. The van der Waals surface area contributed by atoms with Gasteiger partial charge >= 0.3 is 0 Å². The van der Waals surface area contributed by atoms with Crippen molar-refractivity contribution in [1.29, 1.82) is 0 Å². The molecule has 0 saturated heterocycles. The minimum Gasteiger partial charge on any atom is -0.479 e. The lowest BCUT2D eigenvalue weighted by Crippen LogP contribution is -2.44. The highest BCUT2D eigenvalue weighted by molar-refractivity contribution is 6.01. The Morgan fingerprint density at radius 2 is 1.88 bits per heavy atom. The van der Waals surface area contributed by atoms with Crippen molar-refractivity contribution in [3.63, 3.8) is 0 Å². The monoisotopic (exact) mass is 433 g/mol. The second kappa shape index (κ2) is 8.86. The average Bonchev–Trinajstić information content (AvgIpc) is 3.08. The van der Waals surface area contributed by atoms with Crippen molar-refractivity contribution in [2.45, 2.75) is 53.2 Å². The van der Waals surface area contributed by atoms with E-state index in [-0.39, 0.29) is 11.8 Å². The molecular formula is C25H27N3O4. The zero-order valence-corrected chi connectivity index (χ0v) is 18.8. The van der Waals surface area contributed by atoms with Crippen LogP contribution in [-0.2, 0) is 22.6 Å². The fraction of sp³-hybridized carbons (Fsp3) is 0.320. The van der Waals surface area contributed by atoms with Crippen LogP contribution >= 0.6 is 0 Å². The molecule has 166 valence electrons. The zero-order valence-electron chi connectivity index (χ0n) is 18.8. The van der Waals surface area contributed by atoms with E-state index in [1.165, 1.54) is 5.56 Å². The van der Waals surface area contributed by atoms with Crippen molar-refractivity contribution in [2.75, 3.05) is 10.2 Å². The van der Waals surface area contributed by atoms with E-state index in [9.17, 15) is 9.59 Å². The summed E-state index contributed by atoms with van der Waals surface area (Å²) in [7, 11) is 0. The van der Waals surface area contributed by atoms with Crippen LogP contribution in [0.15, 0.2) is 47.0 Å². The summed E-state index contributed by atoms with van der Waals surface area (Å²) in [4.78, 5) is 27.1. The van der Waals surface area contributed by atoms with Crippen LogP contribution in [0.4, 0.5) is 11.4 Å². The summed E-state index contributed by atoms with van der Waals surface area (Å²) in [5.74, 6) is 1.04. The number of nitrogens with zero attached hydrogens (tertiary/aromatic N) is 2. The molecule has 0 saturated carbocycles. The Morgan fingerprint density at radius 3 is 2.56 bits per heavy atom. The van der Waals surface area contributed by atoms with Crippen LogP contribution in [0.2, 0.25) is 0 Å². The number of hydrogen-bond donors (Lipinski definition) is 1. The Balaban J connectivity index is 1.51. The maximum Gasteiger partial charge on any atom is 0.268 e. The number of ether oxygens (including phenoxy) is 1. The molecule has 0 bridgehead atoms. The number of hydrogen-bond acceptors (Lipinski definition) is 5. The van der Waals surface area contributed by atoms with Crippen LogP contribution in [0.3, 0.4) is 0 Å². The van der Waals surface area contributed by atoms with Crippen molar-refractivity contribution < 1.29 is 18.8 Å². The Kier molecular flexibility index (Phi) is 5.99. The van der Waals surface area contributed by atoms with Gasteiger partial charge in [-0.1, -0.05) is 35.0 Å². The number of aromatic nitrogens is 1. The zero-order chi connectivity index (χ0) is 22.8. The highest BCUT2D eigenvalue weighted by atomic mass is 16.5. The smallest absolute Gasteiger partial charge is 0.268 e. The van der Waals surface area contributed by atoms with E-state index in [0.29, 0.717) is 42.3 Å². The van der Waals surface area contributed by atoms with Crippen molar-refractivity contribution in [2.24, 2.45) is 0 Å². The normalized spacial score (nSPS) is 15.3. The van der Waals surface area contributed by atoms with Crippen LogP contribution in [-0.4, -0.2) is 23.1 Å². The van der Waals surface area contributed by atoms with Crippen molar-refractivity contribution in [1.82, 2.24) is 5.16 Å². The van der Waals surface area contributed by atoms with Crippen LogP contribution in [0.25, 0.3) is 0 Å². The first-order chi connectivity index (χ1) is 15.3. The molecule has 2 heterocycles. The predicted octanol–water partition coefficient (Wildman–Crippen LogP) is 4.49. The van der Waals surface area contributed by atoms with E-state index < -0.39 is 6.10 Å². The lowest BCUT2D eigenvalue weighted by molar-refractivity contribution is -0.125. The van der Waals surface area contributed by atoms with E-state index >= 15 is 0 Å². The SMILES string of the molecule is Cc1ccc(CCC(=O)Nc2ccc3c(c2)N(Cc2c(C)noc2C)C(=O)C(C)O3)cc1. The van der Waals surface area contributed by atoms with Crippen LogP contribution in [0.5, 0.6) is 5.75 Å². The van der Waals surface area contributed by atoms with E-state index in [1.54, 1.807) is 30.0 Å². The fourth-order valence-electron chi connectivity index (χ4n) is 3.77. The molecular weight excluding hydrogens is 406 g/mol. The van der Waals surface area contributed by atoms with E-state index in [1.807, 2.05) is 45.0 Å². The summed E-state index contributed by atoms with van der Waals surface area (Å²) in [6, 6.07) is 13.5. The van der Waals surface area contributed by atoms with Crippen molar-refractivity contribution in [3.8, 4) is 5.75 Å². The molecule has 4 rings (SSSR count). The van der Waals surface area contributed by atoms with E-state index in [0.717, 1.165) is 16.8 Å². The molecule has 0 spiro atoms. The first kappa shape index (κ1) is 21.6. The lowest BCUT2D eigenvalue weighted by Gasteiger charge is -2.33. The molecule has 32 heavy (non-hydrogen) atoms. The third-order valence-electron chi connectivity index (χ3n) is 5.71. The third kappa shape index (κ3) is 4.51. The number of aryl methyl sites for hydroxylation is 4. The summed E-state index contributed by atoms with van der Waals surface area (Å²) < 4.78 is 11.0. The minimum atomic E-state index is -0.599. The Morgan fingerprint density at radius 1 is 1.12 bits per heavy atom. The van der Waals surface area contributed by atoms with Gasteiger partial charge in [0.2, 0.25) is 5.91 Å². The van der Waals surface area contributed by atoms with Gasteiger partial charge in [-0.3, -0.25) is 9.59 Å². The summed E-state index contributed by atoms with van der Waals surface area (Å²) in [5.41, 5.74) is 5.16. The maximum atomic E-state index is 12.9. The molecule has 1 aliphatic heterocycles. The number of fused-ring (bicyclic) bond motifs is 1. The number of amides is 2. The summed E-state index contributed by atoms with van der Waals surface area (Å²) in [6.45, 7) is 7.77. The molecule has 2 aromatic carbocycles. The van der Waals surface area contributed by atoms with E-state index in [4.69, 9.17) is 9.26 Å². The maximum absolute atomic E-state index is 12.9. The molecule has 0 aliphatic carbocycles. The van der Waals surface area contributed by atoms with Gasteiger partial charge in [-0.25, -0.2) is 0 Å². The van der Waals surface area contributed by atoms with Gasteiger partial charge in [0.1, 0.15) is 11.5 Å². The topological polar surface area (TPSA) is 84.7 Å².